The van der Waals surface area contributed by atoms with E-state index in [0.29, 0.717) is 0 Å². The molecule has 1 fully saturated rings. The van der Waals surface area contributed by atoms with Crippen LogP contribution in [0.15, 0.2) is 29.6 Å². The molecule has 1 aromatic heterocycles. The van der Waals surface area contributed by atoms with Gasteiger partial charge in [0, 0.05) is 30.7 Å². The van der Waals surface area contributed by atoms with Gasteiger partial charge in [-0.1, -0.05) is 0 Å². The van der Waals surface area contributed by atoms with Crippen molar-refractivity contribution in [2.45, 2.75) is 26.0 Å². The summed E-state index contributed by atoms with van der Waals surface area (Å²) in [6.07, 6.45) is 0. The molecule has 0 aliphatic carbocycles. The number of piperazine rings is 1. The molecular formula is C17H23N3O2S. The van der Waals surface area contributed by atoms with Gasteiger partial charge in [-0.25, -0.2) is 4.98 Å². The molecule has 0 bridgehead atoms. The largest absolute Gasteiger partial charge is 0.497 e. The third kappa shape index (κ3) is 3.28. The van der Waals surface area contributed by atoms with Crippen molar-refractivity contribution in [1.82, 2.24) is 4.98 Å². The lowest BCUT2D eigenvalue weighted by atomic mass is 9.98. The molecule has 5 nitrogen and oxygen atoms in total. The Kier molecular flexibility index (Phi) is 4.46. The van der Waals surface area contributed by atoms with Gasteiger partial charge in [0.2, 0.25) is 0 Å². The number of thiazole rings is 1. The highest BCUT2D eigenvalue weighted by atomic mass is 32.1. The fourth-order valence-corrected chi connectivity index (χ4v) is 3.92. The second-order valence-corrected chi connectivity index (χ2v) is 7.20. The topological polar surface area (TPSA) is 48.8 Å². The lowest BCUT2D eigenvalue weighted by Crippen LogP contribution is -2.59. The minimum atomic E-state index is -0.00210. The van der Waals surface area contributed by atoms with Crippen molar-refractivity contribution in [3.63, 3.8) is 0 Å². The van der Waals surface area contributed by atoms with Gasteiger partial charge in [-0.15, -0.1) is 11.3 Å². The molecule has 1 aromatic carbocycles. The van der Waals surface area contributed by atoms with Crippen molar-refractivity contribution in [2.24, 2.45) is 0 Å². The van der Waals surface area contributed by atoms with Crippen molar-refractivity contribution in [3.8, 4) is 5.75 Å². The molecule has 3 rings (SSSR count). The molecule has 2 aromatic rings. The van der Waals surface area contributed by atoms with E-state index in [4.69, 9.17) is 4.74 Å². The molecule has 0 saturated carbocycles. The maximum atomic E-state index is 9.19. The van der Waals surface area contributed by atoms with Gasteiger partial charge in [-0.05, 0) is 38.1 Å². The monoisotopic (exact) mass is 333 g/mol. The Bertz CT molecular complexity index is 654. The van der Waals surface area contributed by atoms with Crippen LogP contribution in [0.3, 0.4) is 0 Å². The molecule has 0 unspecified atom stereocenters. The quantitative estimate of drug-likeness (QED) is 0.932. The smallest absolute Gasteiger partial charge is 0.185 e. The van der Waals surface area contributed by atoms with Crippen LogP contribution in [0.2, 0.25) is 0 Å². The molecule has 1 aliphatic rings. The molecule has 1 N–H and O–H groups in total. The first-order valence-electron chi connectivity index (χ1n) is 7.75. The normalized spacial score (nSPS) is 17.4. The average molecular weight is 333 g/mol. The predicted octanol–water partition coefficient (Wildman–Crippen LogP) is 2.75. The van der Waals surface area contributed by atoms with E-state index in [1.807, 2.05) is 17.5 Å². The van der Waals surface area contributed by atoms with E-state index in [0.717, 1.165) is 36.2 Å². The van der Waals surface area contributed by atoms with Crippen molar-refractivity contribution in [2.75, 3.05) is 36.5 Å². The summed E-state index contributed by atoms with van der Waals surface area (Å²) in [6, 6.07) is 8.24. The molecule has 1 saturated heterocycles. The zero-order chi connectivity index (χ0) is 16.4. The zero-order valence-corrected chi connectivity index (χ0v) is 14.6. The number of nitrogens with zero attached hydrogens (tertiary/aromatic N) is 3. The SMILES string of the molecule is COc1ccc(N2CCN(c3nc(CO)cs3)CC2(C)C)cc1. The van der Waals surface area contributed by atoms with Gasteiger partial charge in [0.15, 0.2) is 5.13 Å². The number of hydrogen-bond acceptors (Lipinski definition) is 6. The third-order valence-corrected chi connectivity index (χ3v) is 5.21. The fourth-order valence-electron chi connectivity index (χ4n) is 3.07. The maximum Gasteiger partial charge on any atom is 0.185 e. The molecule has 1 aliphatic heterocycles. The van der Waals surface area contributed by atoms with E-state index in [1.54, 1.807) is 18.4 Å². The van der Waals surface area contributed by atoms with Crippen LogP contribution in [-0.2, 0) is 6.61 Å². The van der Waals surface area contributed by atoms with Gasteiger partial charge in [0.1, 0.15) is 5.75 Å². The zero-order valence-electron chi connectivity index (χ0n) is 13.8. The Morgan fingerprint density at radius 1 is 1.26 bits per heavy atom. The molecule has 0 amide bonds. The van der Waals surface area contributed by atoms with Gasteiger partial charge in [0.05, 0.1) is 24.9 Å². The van der Waals surface area contributed by atoms with Crippen molar-refractivity contribution in [3.05, 3.63) is 35.3 Å². The number of aromatic nitrogens is 1. The first-order chi connectivity index (χ1) is 11.0. The minimum Gasteiger partial charge on any atom is -0.497 e. The number of aliphatic hydroxyl groups excluding tert-OH is 1. The maximum absolute atomic E-state index is 9.19. The summed E-state index contributed by atoms with van der Waals surface area (Å²) in [6.45, 7) is 7.28. The van der Waals surface area contributed by atoms with Gasteiger partial charge in [-0.3, -0.25) is 0 Å². The highest BCUT2D eigenvalue weighted by Gasteiger charge is 2.34. The number of aliphatic hydroxyl groups is 1. The van der Waals surface area contributed by atoms with Gasteiger partial charge < -0.3 is 19.6 Å². The second-order valence-electron chi connectivity index (χ2n) is 6.36. The van der Waals surface area contributed by atoms with Gasteiger partial charge in [0.25, 0.3) is 0 Å². The number of anilines is 2. The summed E-state index contributed by atoms with van der Waals surface area (Å²) in [7, 11) is 1.69. The second kappa shape index (κ2) is 6.37. The average Bonchev–Trinajstić information content (AvgIpc) is 3.03. The third-order valence-electron chi connectivity index (χ3n) is 4.26. The standard InChI is InChI=1S/C17H23N3O2S/c1-17(2)12-19(16-18-13(10-21)11-23-16)8-9-20(17)14-4-6-15(22-3)7-5-14/h4-7,11,21H,8-10,12H2,1-3H3. The van der Waals surface area contributed by atoms with Crippen LogP contribution in [0.1, 0.15) is 19.5 Å². The Balaban J connectivity index is 1.76. The van der Waals surface area contributed by atoms with E-state index >= 15 is 0 Å². The Morgan fingerprint density at radius 3 is 2.57 bits per heavy atom. The lowest BCUT2D eigenvalue weighted by molar-refractivity contribution is 0.277. The number of hydrogen-bond donors (Lipinski definition) is 1. The highest BCUT2D eigenvalue weighted by molar-refractivity contribution is 7.13. The molecule has 0 spiro atoms. The highest BCUT2D eigenvalue weighted by Crippen LogP contribution is 2.32. The lowest BCUT2D eigenvalue weighted by Gasteiger charge is -2.48. The molecule has 6 heteroatoms. The van der Waals surface area contributed by atoms with Crippen LogP contribution in [0, 0.1) is 0 Å². The van der Waals surface area contributed by atoms with E-state index in [-0.39, 0.29) is 12.1 Å². The van der Waals surface area contributed by atoms with Crippen molar-refractivity contribution < 1.29 is 9.84 Å². The van der Waals surface area contributed by atoms with Gasteiger partial charge in [-0.2, -0.15) is 0 Å². The van der Waals surface area contributed by atoms with Crippen LogP contribution >= 0.6 is 11.3 Å². The summed E-state index contributed by atoms with van der Waals surface area (Å²) < 4.78 is 5.24. The molecule has 23 heavy (non-hydrogen) atoms. The number of benzene rings is 1. The predicted molar refractivity (Wildman–Crippen MR) is 94.7 cm³/mol. The Hall–Kier alpha value is -1.79. The minimum absolute atomic E-state index is 0.00210. The summed E-state index contributed by atoms with van der Waals surface area (Å²) in [5, 5.41) is 12.1. The molecule has 2 heterocycles. The first-order valence-corrected chi connectivity index (χ1v) is 8.63. The molecule has 124 valence electrons. The number of methoxy groups -OCH3 is 1. The van der Waals surface area contributed by atoms with Gasteiger partial charge >= 0.3 is 0 Å². The van der Waals surface area contributed by atoms with E-state index in [1.165, 1.54) is 5.69 Å². The van der Waals surface area contributed by atoms with Crippen LogP contribution in [0.4, 0.5) is 10.8 Å². The van der Waals surface area contributed by atoms with E-state index in [9.17, 15) is 5.11 Å². The van der Waals surface area contributed by atoms with Crippen LogP contribution in [0.5, 0.6) is 5.75 Å². The Morgan fingerprint density at radius 2 is 2.00 bits per heavy atom. The number of rotatable bonds is 4. The molecule has 0 atom stereocenters. The summed E-state index contributed by atoms with van der Waals surface area (Å²) in [5.74, 6) is 0.879. The summed E-state index contributed by atoms with van der Waals surface area (Å²) in [4.78, 5) is 9.24. The van der Waals surface area contributed by atoms with E-state index < -0.39 is 0 Å². The molecular weight excluding hydrogens is 310 g/mol. The van der Waals surface area contributed by atoms with Crippen LogP contribution in [-0.4, -0.2) is 42.4 Å². The van der Waals surface area contributed by atoms with E-state index in [2.05, 4.69) is 40.8 Å². The fraction of sp³-hybridized carbons (Fsp3) is 0.471. The van der Waals surface area contributed by atoms with Crippen molar-refractivity contribution >= 4 is 22.2 Å². The van der Waals surface area contributed by atoms with Crippen LogP contribution < -0.4 is 14.5 Å². The summed E-state index contributed by atoms with van der Waals surface area (Å²) in [5.41, 5.74) is 1.96. The Labute approximate surface area is 141 Å². The molecule has 0 radical (unpaired) electrons. The van der Waals surface area contributed by atoms with Crippen molar-refractivity contribution in [1.29, 1.82) is 0 Å². The first kappa shape index (κ1) is 16.1. The number of ether oxygens (including phenoxy) is 1. The summed E-state index contributed by atoms with van der Waals surface area (Å²) >= 11 is 1.60. The van der Waals surface area contributed by atoms with Crippen LogP contribution in [0.25, 0.3) is 0 Å².